The van der Waals surface area contributed by atoms with Gasteiger partial charge in [-0.05, 0) is 54.3 Å². The fourth-order valence-electron chi connectivity index (χ4n) is 3.53. The number of amides is 1. The number of carbonyl (C=O) groups excluding carboxylic acids is 2. The van der Waals surface area contributed by atoms with Gasteiger partial charge in [0.25, 0.3) is 5.56 Å². The topological polar surface area (TPSA) is 114 Å². The molecule has 166 valence electrons. The maximum absolute atomic E-state index is 13.6. The Bertz CT molecular complexity index is 1300. The third kappa shape index (κ3) is 5.11. The molecule has 2 heterocycles. The van der Waals surface area contributed by atoms with Crippen LogP contribution in [0.15, 0.2) is 50.6 Å². The lowest BCUT2D eigenvalue weighted by molar-refractivity contribution is -0.114. The molecule has 2 aromatic heterocycles. The van der Waals surface area contributed by atoms with Crippen molar-refractivity contribution in [1.82, 2.24) is 14.5 Å². The number of nitrogens with one attached hydrogen (secondary N) is 2. The number of aryl methyl sites for hydroxylation is 1. The van der Waals surface area contributed by atoms with Gasteiger partial charge in [0.15, 0.2) is 0 Å². The largest absolute Gasteiger partial charge is 0.329 e. The molecule has 9 heteroatoms. The van der Waals surface area contributed by atoms with E-state index < -0.39 is 17.0 Å². The Balaban J connectivity index is 2.22. The van der Waals surface area contributed by atoms with Crippen LogP contribution in [0.5, 0.6) is 0 Å². The molecule has 0 aliphatic carbocycles. The molecule has 1 aromatic carbocycles. The highest BCUT2D eigenvalue weighted by Crippen LogP contribution is 2.22. The Morgan fingerprint density at radius 2 is 1.91 bits per heavy atom. The summed E-state index contributed by atoms with van der Waals surface area (Å²) in [5, 5.41) is 2.59. The van der Waals surface area contributed by atoms with Crippen LogP contribution in [0, 0.1) is 6.92 Å². The summed E-state index contributed by atoms with van der Waals surface area (Å²) in [5.74, 6) is -0.673. The number of H-pyrrole nitrogens is 1. The Labute approximate surface area is 192 Å². The lowest BCUT2D eigenvalue weighted by Crippen LogP contribution is -2.38. The Morgan fingerprint density at radius 1 is 1.19 bits per heavy atom. The van der Waals surface area contributed by atoms with Gasteiger partial charge in [0.1, 0.15) is 11.5 Å². The highest BCUT2D eigenvalue weighted by Gasteiger charge is 2.25. The average Bonchev–Trinajstić information content (AvgIpc) is 2.68. The van der Waals surface area contributed by atoms with E-state index in [1.165, 1.54) is 17.7 Å². The summed E-state index contributed by atoms with van der Waals surface area (Å²) in [6, 6.07) is 8.54. The lowest BCUT2D eigenvalue weighted by atomic mass is 9.96. The van der Waals surface area contributed by atoms with Crippen LogP contribution in [0.4, 0.5) is 5.82 Å². The predicted octanol–water partition coefficient (Wildman–Crippen LogP) is 3.36. The van der Waals surface area contributed by atoms with Crippen molar-refractivity contribution in [2.45, 2.75) is 40.2 Å². The van der Waals surface area contributed by atoms with Crippen molar-refractivity contribution in [3.63, 3.8) is 0 Å². The molecule has 0 saturated carbocycles. The standard InChI is InChI=1S/C23H23BrN4O4/c1-12(2)19-20(21(30)16-7-13(3)8-17(24)10-16)28(23(32)27-22(19)31)11-15-5-6-25-18(9-15)26-14(4)29/h5-10,12H,11H2,1-4H3,(H,25,26,29)(H,27,31,32). The lowest BCUT2D eigenvalue weighted by Gasteiger charge is -2.18. The smallest absolute Gasteiger partial charge is 0.311 e. The number of pyridine rings is 1. The molecule has 0 unspecified atom stereocenters. The predicted molar refractivity (Wildman–Crippen MR) is 125 cm³/mol. The maximum Gasteiger partial charge on any atom is 0.329 e. The van der Waals surface area contributed by atoms with Crippen LogP contribution >= 0.6 is 15.9 Å². The van der Waals surface area contributed by atoms with Gasteiger partial charge < -0.3 is 5.32 Å². The molecule has 2 N–H and O–H groups in total. The minimum absolute atomic E-state index is 0.0124. The number of aromatic amines is 1. The van der Waals surface area contributed by atoms with Gasteiger partial charge in [-0.15, -0.1) is 0 Å². The van der Waals surface area contributed by atoms with E-state index in [2.05, 4.69) is 31.2 Å². The summed E-state index contributed by atoms with van der Waals surface area (Å²) >= 11 is 3.40. The van der Waals surface area contributed by atoms with Gasteiger partial charge in [-0.25, -0.2) is 9.78 Å². The second kappa shape index (κ2) is 9.44. The average molecular weight is 499 g/mol. The van der Waals surface area contributed by atoms with E-state index in [0.717, 1.165) is 10.0 Å². The van der Waals surface area contributed by atoms with Crippen molar-refractivity contribution in [3.05, 3.63) is 89.8 Å². The van der Waals surface area contributed by atoms with Gasteiger partial charge in [-0.3, -0.25) is 23.9 Å². The van der Waals surface area contributed by atoms with Gasteiger partial charge in [0, 0.05) is 28.7 Å². The molecule has 0 bridgehead atoms. The monoisotopic (exact) mass is 498 g/mol. The number of carbonyl (C=O) groups is 2. The number of anilines is 1. The van der Waals surface area contributed by atoms with Crippen LogP contribution < -0.4 is 16.6 Å². The normalized spacial score (nSPS) is 10.9. The van der Waals surface area contributed by atoms with Crippen LogP contribution in [-0.4, -0.2) is 26.2 Å². The van der Waals surface area contributed by atoms with Crippen molar-refractivity contribution in [3.8, 4) is 0 Å². The molecule has 0 fully saturated rings. The van der Waals surface area contributed by atoms with E-state index in [-0.39, 0.29) is 29.6 Å². The number of aromatic nitrogens is 3. The first-order valence-corrected chi connectivity index (χ1v) is 10.8. The van der Waals surface area contributed by atoms with Gasteiger partial charge >= 0.3 is 5.69 Å². The first-order valence-electron chi connectivity index (χ1n) is 9.98. The number of ketones is 1. The number of halogens is 1. The molecule has 3 rings (SSSR count). The number of benzene rings is 1. The van der Waals surface area contributed by atoms with Crippen molar-refractivity contribution in [2.24, 2.45) is 0 Å². The molecule has 0 aliphatic rings. The molecular weight excluding hydrogens is 476 g/mol. The first kappa shape index (κ1) is 23.3. The van der Waals surface area contributed by atoms with Crippen LogP contribution in [0.3, 0.4) is 0 Å². The molecule has 0 saturated heterocycles. The fourth-order valence-corrected chi connectivity index (χ4v) is 4.13. The quantitative estimate of drug-likeness (QED) is 0.505. The molecule has 0 aliphatic heterocycles. The van der Waals surface area contributed by atoms with Crippen LogP contribution in [-0.2, 0) is 11.3 Å². The third-order valence-electron chi connectivity index (χ3n) is 4.80. The van der Waals surface area contributed by atoms with Crippen LogP contribution in [0.2, 0.25) is 0 Å². The minimum atomic E-state index is -0.688. The molecule has 1 amide bonds. The highest BCUT2D eigenvalue weighted by atomic mass is 79.9. The fraction of sp³-hybridized carbons (Fsp3) is 0.261. The number of nitrogens with zero attached hydrogens (tertiary/aromatic N) is 2. The Hall–Kier alpha value is -3.33. The Kier molecular flexibility index (Phi) is 6.88. The van der Waals surface area contributed by atoms with Crippen molar-refractivity contribution in [2.75, 3.05) is 5.32 Å². The van der Waals surface area contributed by atoms with Gasteiger partial charge in [-0.1, -0.05) is 29.8 Å². The van der Waals surface area contributed by atoms with E-state index in [4.69, 9.17) is 0 Å². The molecule has 0 radical (unpaired) electrons. The van der Waals surface area contributed by atoms with Crippen molar-refractivity contribution >= 4 is 33.4 Å². The van der Waals surface area contributed by atoms with E-state index in [1.807, 2.05) is 13.0 Å². The zero-order valence-corrected chi connectivity index (χ0v) is 19.7. The van der Waals surface area contributed by atoms with E-state index in [9.17, 15) is 19.2 Å². The number of hydrogen-bond acceptors (Lipinski definition) is 5. The van der Waals surface area contributed by atoms with E-state index in [1.54, 1.807) is 38.1 Å². The van der Waals surface area contributed by atoms with Crippen LogP contribution in [0.25, 0.3) is 0 Å². The SMILES string of the molecule is CC(=O)Nc1cc(Cn2c(C(=O)c3cc(C)cc(Br)c3)c(C(C)C)c(=O)[nH]c2=O)ccn1. The molecule has 32 heavy (non-hydrogen) atoms. The summed E-state index contributed by atoms with van der Waals surface area (Å²) in [7, 11) is 0. The number of rotatable bonds is 6. The zero-order chi connectivity index (χ0) is 23.6. The Morgan fingerprint density at radius 3 is 2.53 bits per heavy atom. The van der Waals surface area contributed by atoms with Crippen LogP contribution in [0.1, 0.15) is 59.4 Å². The maximum atomic E-state index is 13.6. The molecular formula is C23H23BrN4O4. The molecule has 0 atom stereocenters. The number of hydrogen-bond donors (Lipinski definition) is 2. The zero-order valence-electron chi connectivity index (χ0n) is 18.2. The summed E-state index contributed by atoms with van der Waals surface area (Å²) in [6.07, 6.45) is 1.50. The highest BCUT2D eigenvalue weighted by molar-refractivity contribution is 9.10. The van der Waals surface area contributed by atoms with Crippen molar-refractivity contribution < 1.29 is 9.59 Å². The van der Waals surface area contributed by atoms with Gasteiger partial charge in [0.2, 0.25) is 11.7 Å². The third-order valence-corrected chi connectivity index (χ3v) is 5.26. The van der Waals surface area contributed by atoms with Gasteiger partial charge in [0.05, 0.1) is 6.54 Å². The summed E-state index contributed by atoms with van der Waals surface area (Å²) in [5.41, 5.74) is 0.879. The second-order valence-electron chi connectivity index (χ2n) is 7.84. The van der Waals surface area contributed by atoms with Crippen molar-refractivity contribution in [1.29, 1.82) is 0 Å². The van der Waals surface area contributed by atoms with E-state index >= 15 is 0 Å². The summed E-state index contributed by atoms with van der Waals surface area (Å²) in [4.78, 5) is 56.9. The molecule has 8 nitrogen and oxygen atoms in total. The summed E-state index contributed by atoms with van der Waals surface area (Å²) in [6.45, 7) is 6.83. The summed E-state index contributed by atoms with van der Waals surface area (Å²) < 4.78 is 1.99. The molecule has 0 spiro atoms. The van der Waals surface area contributed by atoms with E-state index in [0.29, 0.717) is 16.9 Å². The second-order valence-corrected chi connectivity index (χ2v) is 8.75. The first-order chi connectivity index (χ1) is 15.1. The molecule has 3 aromatic rings. The van der Waals surface area contributed by atoms with Gasteiger partial charge in [-0.2, -0.15) is 0 Å². The minimum Gasteiger partial charge on any atom is -0.311 e.